The van der Waals surface area contributed by atoms with Gasteiger partial charge in [0.25, 0.3) is 0 Å². The summed E-state index contributed by atoms with van der Waals surface area (Å²) in [6.07, 6.45) is 2.30. The predicted octanol–water partition coefficient (Wildman–Crippen LogP) is 3.03. The minimum absolute atomic E-state index is 0.0106. The van der Waals surface area contributed by atoms with Crippen LogP contribution < -0.4 is 5.32 Å². The first-order chi connectivity index (χ1) is 12.6. The molecule has 0 radical (unpaired) electrons. The summed E-state index contributed by atoms with van der Waals surface area (Å²) in [7, 11) is 1.90. The Bertz CT molecular complexity index is 1180. The summed E-state index contributed by atoms with van der Waals surface area (Å²) in [4.78, 5) is 17.1. The smallest absolute Gasteiger partial charge is 0.221 e. The summed E-state index contributed by atoms with van der Waals surface area (Å²) in [6.45, 7) is 0.421. The van der Waals surface area contributed by atoms with Gasteiger partial charge in [0.05, 0.1) is 40.1 Å². The van der Waals surface area contributed by atoms with Gasteiger partial charge in [0.15, 0.2) is 0 Å². The summed E-state index contributed by atoms with van der Waals surface area (Å²) >= 11 is 6.51. The lowest BCUT2D eigenvalue weighted by Gasteiger charge is -2.14. The van der Waals surface area contributed by atoms with E-state index in [1.165, 1.54) is 0 Å². The molecule has 6 nitrogen and oxygen atoms in total. The highest BCUT2D eigenvalue weighted by molar-refractivity contribution is 6.35. The van der Waals surface area contributed by atoms with Crippen LogP contribution >= 0.6 is 11.6 Å². The minimum Gasteiger partial charge on any atom is -0.350 e. The fraction of sp³-hybridized carbons (Fsp3) is 0.211. The van der Waals surface area contributed by atoms with E-state index in [1.807, 2.05) is 54.3 Å². The molecule has 26 heavy (non-hydrogen) atoms. The van der Waals surface area contributed by atoms with Gasteiger partial charge in [0, 0.05) is 25.1 Å². The molecule has 4 aromatic rings. The second-order valence-electron chi connectivity index (χ2n) is 6.55. The lowest BCUT2D eigenvalue weighted by Crippen LogP contribution is -2.21. The number of amides is 1. The molecule has 1 aliphatic rings. The average molecular weight is 366 g/mol. The number of pyridine rings is 1. The van der Waals surface area contributed by atoms with E-state index >= 15 is 0 Å². The van der Waals surface area contributed by atoms with E-state index in [9.17, 15) is 4.79 Å². The van der Waals surface area contributed by atoms with Crippen molar-refractivity contribution in [1.29, 1.82) is 0 Å². The monoisotopic (exact) mass is 365 g/mol. The van der Waals surface area contributed by atoms with Gasteiger partial charge in [-0.25, -0.2) is 4.98 Å². The maximum absolute atomic E-state index is 12.4. The number of nitrogens with one attached hydrogen (secondary N) is 1. The van der Waals surface area contributed by atoms with Crippen molar-refractivity contribution < 1.29 is 4.79 Å². The first-order valence-electron chi connectivity index (χ1n) is 8.47. The molecule has 0 saturated heterocycles. The number of carbonyl (C=O) groups is 1. The van der Waals surface area contributed by atoms with Gasteiger partial charge in [-0.1, -0.05) is 23.7 Å². The maximum Gasteiger partial charge on any atom is 0.221 e. The van der Waals surface area contributed by atoms with Gasteiger partial charge < -0.3 is 9.72 Å². The highest BCUT2D eigenvalue weighted by atomic mass is 35.5. The average Bonchev–Trinajstić information content (AvgIpc) is 3.12. The van der Waals surface area contributed by atoms with Gasteiger partial charge >= 0.3 is 0 Å². The molecule has 1 amide bonds. The number of aromatic nitrogens is 4. The third-order valence-corrected chi connectivity index (χ3v) is 5.31. The van der Waals surface area contributed by atoms with Crippen molar-refractivity contribution >= 4 is 34.1 Å². The molecule has 0 fully saturated rings. The van der Waals surface area contributed by atoms with Crippen LogP contribution in [0.25, 0.3) is 16.6 Å². The fourth-order valence-corrected chi connectivity index (χ4v) is 4.14. The number of hydrogen-bond donors (Lipinski definition) is 1. The molecule has 130 valence electrons. The van der Waals surface area contributed by atoms with Crippen LogP contribution in [0.1, 0.15) is 29.4 Å². The highest BCUT2D eigenvalue weighted by Crippen LogP contribution is 2.38. The number of fused-ring (bicyclic) bond motifs is 4. The number of aryl methyl sites for hydroxylation is 1. The van der Waals surface area contributed by atoms with Gasteiger partial charge in [0.1, 0.15) is 5.65 Å². The molecule has 0 spiro atoms. The Morgan fingerprint density at radius 3 is 3.00 bits per heavy atom. The normalized spacial score (nSPS) is 17.3. The molecule has 4 heterocycles. The first-order valence-corrected chi connectivity index (χ1v) is 8.85. The molecule has 0 bridgehead atoms. The summed E-state index contributed by atoms with van der Waals surface area (Å²) < 4.78 is 3.87. The van der Waals surface area contributed by atoms with E-state index in [1.54, 1.807) is 0 Å². The Balaban J connectivity index is 1.83. The van der Waals surface area contributed by atoms with Crippen LogP contribution in [0, 0.1) is 0 Å². The molecule has 7 heteroatoms. The van der Waals surface area contributed by atoms with Crippen molar-refractivity contribution in [3.05, 3.63) is 64.7 Å². The van der Waals surface area contributed by atoms with Gasteiger partial charge in [-0.2, -0.15) is 5.10 Å². The SMILES string of the molecule is Cn1nc(C2CC(=O)NCc3nc4ccccn4c32)c2c(Cl)cccc21. The van der Waals surface area contributed by atoms with E-state index in [4.69, 9.17) is 21.7 Å². The van der Waals surface area contributed by atoms with Crippen molar-refractivity contribution in [1.82, 2.24) is 24.5 Å². The maximum atomic E-state index is 12.4. The molecule has 1 atom stereocenters. The highest BCUT2D eigenvalue weighted by Gasteiger charge is 2.32. The number of halogens is 1. The molecule has 1 unspecified atom stereocenters. The number of rotatable bonds is 1. The van der Waals surface area contributed by atoms with Crippen LogP contribution in [0.4, 0.5) is 0 Å². The van der Waals surface area contributed by atoms with Crippen LogP contribution in [0.3, 0.4) is 0 Å². The van der Waals surface area contributed by atoms with Gasteiger partial charge in [-0.3, -0.25) is 9.48 Å². The summed E-state index contributed by atoms with van der Waals surface area (Å²) in [5.41, 5.74) is 4.51. The van der Waals surface area contributed by atoms with E-state index in [-0.39, 0.29) is 11.8 Å². The predicted molar refractivity (Wildman–Crippen MR) is 99.2 cm³/mol. The third-order valence-electron chi connectivity index (χ3n) is 5.00. The summed E-state index contributed by atoms with van der Waals surface area (Å²) in [6, 6.07) is 11.7. The van der Waals surface area contributed by atoms with Crippen LogP contribution in [-0.2, 0) is 18.4 Å². The van der Waals surface area contributed by atoms with E-state index < -0.39 is 0 Å². The number of hydrogen-bond acceptors (Lipinski definition) is 3. The van der Waals surface area contributed by atoms with Crippen LogP contribution in [0.15, 0.2) is 42.6 Å². The molecule has 1 aromatic carbocycles. The van der Waals surface area contributed by atoms with Crippen LogP contribution in [0.5, 0.6) is 0 Å². The molecule has 1 aliphatic heterocycles. The number of nitrogens with zero attached hydrogens (tertiary/aromatic N) is 4. The van der Waals surface area contributed by atoms with Crippen LogP contribution in [0.2, 0.25) is 5.02 Å². The molecular weight excluding hydrogens is 350 g/mol. The van der Waals surface area contributed by atoms with Crippen molar-refractivity contribution in [3.8, 4) is 0 Å². The number of carbonyl (C=O) groups excluding carboxylic acids is 1. The second-order valence-corrected chi connectivity index (χ2v) is 6.96. The Morgan fingerprint density at radius 2 is 2.12 bits per heavy atom. The minimum atomic E-state index is -0.214. The van der Waals surface area contributed by atoms with Crippen LogP contribution in [-0.4, -0.2) is 25.1 Å². The number of benzene rings is 1. The molecule has 5 rings (SSSR count). The topological polar surface area (TPSA) is 64.2 Å². The zero-order valence-electron chi connectivity index (χ0n) is 14.1. The lowest BCUT2D eigenvalue weighted by molar-refractivity contribution is -0.121. The van der Waals surface area contributed by atoms with Gasteiger partial charge in [0.2, 0.25) is 5.91 Å². The van der Waals surface area contributed by atoms with Gasteiger partial charge in [-0.15, -0.1) is 0 Å². The molecule has 3 aromatic heterocycles. The second kappa shape index (κ2) is 5.57. The van der Waals surface area contributed by atoms with Gasteiger partial charge in [-0.05, 0) is 24.3 Å². The van der Waals surface area contributed by atoms with E-state index in [2.05, 4.69) is 9.72 Å². The summed E-state index contributed by atoms with van der Waals surface area (Å²) in [5.74, 6) is -0.225. The lowest BCUT2D eigenvalue weighted by atomic mass is 9.94. The quantitative estimate of drug-likeness (QED) is 0.564. The zero-order chi connectivity index (χ0) is 17.8. The standard InChI is InChI=1S/C19H16ClN5O/c1-24-14-6-4-5-12(20)17(14)18(23-24)11-9-16(26)21-10-13-19(11)25-8-3-2-7-15(25)22-13/h2-8,11H,9-10H2,1H3,(H,21,26). The van der Waals surface area contributed by atoms with Crippen molar-refractivity contribution in [2.24, 2.45) is 7.05 Å². The molecular formula is C19H16ClN5O. The Labute approximate surface area is 154 Å². The largest absolute Gasteiger partial charge is 0.350 e. The first kappa shape index (κ1) is 15.4. The number of imidazole rings is 1. The van der Waals surface area contributed by atoms with Crippen molar-refractivity contribution in [3.63, 3.8) is 0 Å². The Kier molecular flexibility index (Phi) is 3.30. The third kappa shape index (κ3) is 2.15. The molecule has 0 saturated carbocycles. The Hall–Kier alpha value is -2.86. The summed E-state index contributed by atoms with van der Waals surface area (Å²) in [5, 5.41) is 9.24. The van der Waals surface area contributed by atoms with Crippen molar-refractivity contribution in [2.75, 3.05) is 0 Å². The Morgan fingerprint density at radius 1 is 1.23 bits per heavy atom. The van der Waals surface area contributed by atoms with E-state index in [0.29, 0.717) is 18.0 Å². The molecule has 0 aliphatic carbocycles. The van der Waals surface area contributed by atoms with Crippen molar-refractivity contribution in [2.45, 2.75) is 18.9 Å². The zero-order valence-corrected chi connectivity index (χ0v) is 14.9. The fourth-order valence-electron chi connectivity index (χ4n) is 3.87. The molecule has 1 N–H and O–H groups in total. The van der Waals surface area contributed by atoms with E-state index in [0.717, 1.165) is 33.6 Å².